The number of aliphatic hydroxyl groups is 1. The van der Waals surface area contributed by atoms with Crippen molar-refractivity contribution in [2.75, 3.05) is 6.61 Å². The zero-order chi connectivity index (χ0) is 16.7. The Morgan fingerprint density at radius 2 is 1.95 bits per heavy atom. The van der Waals surface area contributed by atoms with Gasteiger partial charge in [0.25, 0.3) is 0 Å². The number of hydrogen-bond donors (Lipinski definition) is 6. The van der Waals surface area contributed by atoms with Gasteiger partial charge >= 0.3 is 5.97 Å². The number of carboxylic acid groups (broad SMARTS) is 1. The number of nitrogens with one attached hydrogen (secondary N) is 3. The van der Waals surface area contributed by atoms with Gasteiger partial charge < -0.3 is 31.6 Å². The van der Waals surface area contributed by atoms with Gasteiger partial charge in [0, 0.05) is 18.3 Å². The molecule has 1 rings (SSSR count). The van der Waals surface area contributed by atoms with E-state index in [4.69, 9.17) is 15.9 Å². The second-order valence-corrected chi connectivity index (χ2v) is 4.71. The van der Waals surface area contributed by atoms with E-state index in [1.807, 2.05) is 0 Å². The Morgan fingerprint density at radius 3 is 2.41 bits per heavy atom. The summed E-state index contributed by atoms with van der Waals surface area (Å²) in [5.74, 6) is -2.70. The van der Waals surface area contributed by atoms with E-state index in [9.17, 15) is 14.4 Å². The number of aromatic amines is 1. The molecule has 0 saturated carbocycles. The van der Waals surface area contributed by atoms with Gasteiger partial charge in [0.1, 0.15) is 12.1 Å². The fourth-order valence-electron chi connectivity index (χ4n) is 1.59. The first kappa shape index (κ1) is 17.6. The molecule has 2 amide bonds. The monoisotopic (exact) mass is 313 g/mol. The molecule has 0 aliphatic carbocycles. The van der Waals surface area contributed by atoms with E-state index in [-0.39, 0.29) is 6.42 Å². The summed E-state index contributed by atoms with van der Waals surface area (Å²) in [6.07, 6.45) is 2.80. The maximum Gasteiger partial charge on any atom is 0.326 e. The molecule has 0 fully saturated rings. The highest BCUT2D eigenvalue weighted by Crippen LogP contribution is 2.00. The number of aromatic nitrogens is 2. The largest absolute Gasteiger partial charge is 0.480 e. The zero-order valence-corrected chi connectivity index (χ0v) is 11.9. The first-order valence-corrected chi connectivity index (χ1v) is 6.52. The van der Waals surface area contributed by atoms with Crippen LogP contribution < -0.4 is 16.4 Å². The highest BCUT2D eigenvalue weighted by Gasteiger charge is 2.27. The average Bonchev–Trinajstić information content (AvgIpc) is 2.96. The van der Waals surface area contributed by atoms with E-state index in [0.717, 1.165) is 0 Å². The third-order valence-electron chi connectivity index (χ3n) is 2.82. The summed E-state index contributed by atoms with van der Waals surface area (Å²) in [6, 6.07) is -3.36. The SMILES string of the molecule is CC(N)C(=O)NC(CO)C(=O)NC(Cc1cnc[nH]1)C(=O)O. The molecule has 0 saturated heterocycles. The highest BCUT2D eigenvalue weighted by atomic mass is 16.4. The Labute approximate surface area is 126 Å². The number of aliphatic hydroxyl groups excluding tert-OH is 1. The Morgan fingerprint density at radius 1 is 1.32 bits per heavy atom. The van der Waals surface area contributed by atoms with Crippen molar-refractivity contribution in [3.8, 4) is 0 Å². The number of nitrogens with zero attached hydrogens (tertiary/aromatic N) is 1. The number of amides is 2. The Hall–Kier alpha value is -2.46. The van der Waals surface area contributed by atoms with Crippen molar-refractivity contribution in [1.82, 2.24) is 20.6 Å². The topological polar surface area (TPSA) is 170 Å². The van der Waals surface area contributed by atoms with Crippen LogP contribution in [0.3, 0.4) is 0 Å². The fourth-order valence-corrected chi connectivity index (χ4v) is 1.59. The van der Waals surface area contributed by atoms with Crippen molar-refractivity contribution in [3.63, 3.8) is 0 Å². The van der Waals surface area contributed by atoms with Gasteiger partial charge in [-0.05, 0) is 6.92 Å². The van der Waals surface area contributed by atoms with Crippen LogP contribution >= 0.6 is 0 Å². The maximum atomic E-state index is 12.0. The predicted octanol–water partition coefficient (Wildman–Crippen LogP) is -2.65. The van der Waals surface area contributed by atoms with E-state index < -0.39 is 42.5 Å². The summed E-state index contributed by atoms with van der Waals surface area (Å²) in [6.45, 7) is 0.737. The summed E-state index contributed by atoms with van der Waals surface area (Å²) in [5.41, 5.74) is 5.87. The lowest BCUT2D eigenvalue weighted by Crippen LogP contribution is -2.55. The number of H-pyrrole nitrogens is 1. The molecule has 122 valence electrons. The van der Waals surface area contributed by atoms with E-state index in [1.54, 1.807) is 0 Å². The molecule has 0 bridgehead atoms. The van der Waals surface area contributed by atoms with Crippen LogP contribution in [0.4, 0.5) is 0 Å². The molecule has 7 N–H and O–H groups in total. The minimum atomic E-state index is -1.28. The van der Waals surface area contributed by atoms with Gasteiger partial charge in [-0.3, -0.25) is 9.59 Å². The van der Waals surface area contributed by atoms with Gasteiger partial charge in [-0.15, -0.1) is 0 Å². The van der Waals surface area contributed by atoms with Gasteiger partial charge in [0.05, 0.1) is 19.0 Å². The first-order chi connectivity index (χ1) is 10.3. The van der Waals surface area contributed by atoms with Gasteiger partial charge in [-0.1, -0.05) is 0 Å². The first-order valence-electron chi connectivity index (χ1n) is 6.52. The summed E-state index contributed by atoms with van der Waals surface area (Å²) in [4.78, 5) is 41.1. The number of aliphatic carboxylic acids is 1. The molecule has 1 aromatic heterocycles. The molecule has 0 spiro atoms. The lowest BCUT2D eigenvalue weighted by molar-refractivity contribution is -0.142. The number of nitrogens with two attached hydrogens (primary N) is 1. The van der Waals surface area contributed by atoms with Crippen LogP contribution in [0, 0.1) is 0 Å². The van der Waals surface area contributed by atoms with Crippen molar-refractivity contribution in [2.24, 2.45) is 5.73 Å². The highest BCUT2D eigenvalue weighted by molar-refractivity contribution is 5.91. The molecule has 0 aromatic carbocycles. The van der Waals surface area contributed by atoms with Crippen molar-refractivity contribution >= 4 is 17.8 Å². The third-order valence-corrected chi connectivity index (χ3v) is 2.82. The maximum absolute atomic E-state index is 12.0. The van der Waals surface area contributed by atoms with E-state index in [1.165, 1.54) is 19.4 Å². The number of imidazole rings is 1. The summed E-state index contributed by atoms with van der Waals surface area (Å²) < 4.78 is 0. The molecule has 10 heteroatoms. The summed E-state index contributed by atoms with van der Waals surface area (Å²) >= 11 is 0. The Balaban J connectivity index is 2.68. The van der Waals surface area contributed by atoms with Crippen molar-refractivity contribution < 1.29 is 24.6 Å². The summed E-state index contributed by atoms with van der Waals surface area (Å²) in [7, 11) is 0. The molecule has 3 atom stereocenters. The number of rotatable bonds is 8. The van der Waals surface area contributed by atoms with Crippen LogP contribution in [0.5, 0.6) is 0 Å². The molecule has 0 radical (unpaired) electrons. The molecule has 10 nitrogen and oxygen atoms in total. The Kier molecular flexibility index (Phi) is 6.47. The number of carbonyl (C=O) groups excluding carboxylic acids is 2. The quantitative estimate of drug-likeness (QED) is 0.304. The second-order valence-electron chi connectivity index (χ2n) is 4.71. The normalized spacial score (nSPS) is 14.7. The van der Waals surface area contributed by atoms with Crippen LogP contribution in [-0.4, -0.2) is 62.7 Å². The average molecular weight is 313 g/mol. The predicted molar refractivity (Wildman–Crippen MR) is 74.5 cm³/mol. The molecule has 1 heterocycles. The molecule has 0 aliphatic heterocycles. The van der Waals surface area contributed by atoms with E-state index in [0.29, 0.717) is 5.69 Å². The van der Waals surface area contributed by atoms with E-state index in [2.05, 4.69) is 20.6 Å². The van der Waals surface area contributed by atoms with Gasteiger partial charge in [0.15, 0.2) is 0 Å². The van der Waals surface area contributed by atoms with Crippen LogP contribution in [0.2, 0.25) is 0 Å². The fraction of sp³-hybridized carbons (Fsp3) is 0.500. The molecule has 0 aliphatic rings. The zero-order valence-electron chi connectivity index (χ0n) is 11.9. The van der Waals surface area contributed by atoms with Crippen LogP contribution in [0.25, 0.3) is 0 Å². The van der Waals surface area contributed by atoms with Crippen LogP contribution in [0.15, 0.2) is 12.5 Å². The standard InChI is InChI=1S/C12H19N5O5/c1-6(13)10(19)17-9(4-18)11(20)16-8(12(21)22)2-7-3-14-5-15-7/h3,5-6,8-9,18H,2,4,13H2,1H3,(H,14,15)(H,16,20)(H,17,19)(H,21,22). The smallest absolute Gasteiger partial charge is 0.326 e. The molecular weight excluding hydrogens is 294 g/mol. The number of carboxylic acids is 1. The van der Waals surface area contributed by atoms with Crippen molar-refractivity contribution in [3.05, 3.63) is 18.2 Å². The lowest BCUT2D eigenvalue weighted by Gasteiger charge is -2.20. The van der Waals surface area contributed by atoms with E-state index >= 15 is 0 Å². The number of hydrogen-bond acceptors (Lipinski definition) is 6. The van der Waals surface area contributed by atoms with Gasteiger partial charge in [-0.25, -0.2) is 9.78 Å². The van der Waals surface area contributed by atoms with Crippen molar-refractivity contribution in [1.29, 1.82) is 0 Å². The van der Waals surface area contributed by atoms with Crippen molar-refractivity contribution in [2.45, 2.75) is 31.5 Å². The molecular formula is C12H19N5O5. The molecule has 3 unspecified atom stereocenters. The molecule has 22 heavy (non-hydrogen) atoms. The minimum Gasteiger partial charge on any atom is -0.480 e. The number of carbonyl (C=O) groups is 3. The summed E-state index contributed by atoms with van der Waals surface area (Å²) in [5, 5.41) is 22.8. The van der Waals surface area contributed by atoms with Crippen LogP contribution in [-0.2, 0) is 20.8 Å². The second kappa shape index (κ2) is 8.10. The lowest BCUT2D eigenvalue weighted by atomic mass is 10.1. The van der Waals surface area contributed by atoms with Crippen LogP contribution in [0.1, 0.15) is 12.6 Å². The minimum absolute atomic E-state index is 0.0134. The van der Waals surface area contributed by atoms with Gasteiger partial charge in [0.2, 0.25) is 11.8 Å². The van der Waals surface area contributed by atoms with Gasteiger partial charge in [-0.2, -0.15) is 0 Å². The Bertz CT molecular complexity index is 516. The third kappa shape index (κ3) is 5.14. The molecule has 1 aromatic rings.